The first-order chi connectivity index (χ1) is 9.60. The van der Waals surface area contributed by atoms with Crippen molar-refractivity contribution in [2.24, 2.45) is 0 Å². The second kappa shape index (κ2) is 6.44. The van der Waals surface area contributed by atoms with Crippen LogP contribution in [0.5, 0.6) is 0 Å². The Hall–Kier alpha value is -1.29. The molecule has 0 aliphatic carbocycles. The average molecular weight is 295 g/mol. The molecule has 4 nitrogen and oxygen atoms in total. The fraction of sp³-hybridized carbons (Fsp3) is 0.600. The molecule has 2 aromatic heterocycles. The van der Waals surface area contributed by atoms with E-state index >= 15 is 0 Å². The summed E-state index contributed by atoms with van der Waals surface area (Å²) in [6.45, 7) is 10.1. The lowest BCUT2D eigenvalue weighted by Gasteiger charge is -2.08. The Labute approximate surface area is 125 Å². The monoisotopic (exact) mass is 294 g/mol. The SMILES string of the molecule is CCc1nn(Cc2cnn(CC)c2)c(CC)c1C(C)Cl. The fourth-order valence-electron chi connectivity index (χ4n) is 2.62. The second-order valence-electron chi connectivity index (χ2n) is 4.99. The summed E-state index contributed by atoms with van der Waals surface area (Å²) in [5.41, 5.74) is 4.75. The zero-order chi connectivity index (χ0) is 14.7. The van der Waals surface area contributed by atoms with Gasteiger partial charge in [0.2, 0.25) is 0 Å². The van der Waals surface area contributed by atoms with Crippen LogP contribution in [-0.4, -0.2) is 19.6 Å². The van der Waals surface area contributed by atoms with Crippen molar-refractivity contribution in [3.05, 3.63) is 34.9 Å². The van der Waals surface area contributed by atoms with Crippen molar-refractivity contribution < 1.29 is 0 Å². The van der Waals surface area contributed by atoms with Crippen LogP contribution in [0.2, 0.25) is 0 Å². The lowest BCUT2D eigenvalue weighted by Crippen LogP contribution is -2.06. The lowest BCUT2D eigenvalue weighted by molar-refractivity contribution is 0.634. The molecule has 1 unspecified atom stereocenters. The number of halogens is 1. The van der Waals surface area contributed by atoms with Gasteiger partial charge in [-0.15, -0.1) is 11.6 Å². The van der Waals surface area contributed by atoms with E-state index in [1.807, 2.05) is 17.8 Å². The normalized spacial score (nSPS) is 12.8. The van der Waals surface area contributed by atoms with Crippen LogP contribution < -0.4 is 0 Å². The number of nitrogens with zero attached hydrogens (tertiary/aromatic N) is 4. The lowest BCUT2D eigenvalue weighted by atomic mass is 10.1. The van der Waals surface area contributed by atoms with Crippen LogP contribution in [0.3, 0.4) is 0 Å². The maximum Gasteiger partial charge on any atom is 0.0693 e. The highest BCUT2D eigenvalue weighted by molar-refractivity contribution is 6.20. The van der Waals surface area contributed by atoms with Gasteiger partial charge in [0.1, 0.15) is 0 Å². The summed E-state index contributed by atoms with van der Waals surface area (Å²) in [6, 6.07) is 0. The Morgan fingerprint density at radius 2 is 2.00 bits per heavy atom. The molecule has 0 N–H and O–H groups in total. The fourth-order valence-corrected chi connectivity index (χ4v) is 2.88. The first-order valence-corrected chi connectivity index (χ1v) is 7.78. The van der Waals surface area contributed by atoms with Crippen LogP contribution in [0.4, 0.5) is 0 Å². The zero-order valence-corrected chi connectivity index (χ0v) is 13.5. The minimum absolute atomic E-state index is 0.00650. The highest BCUT2D eigenvalue weighted by atomic mass is 35.5. The Bertz CT molecular complexity index is 568. The van der Waals surface area contributed by atoms with Crippen molar-refractivity contribution in [1.82, 2.24) is 19.6 Å². The van der Waals surface area contributed by atoms with Crippen LogP contribution in [0.1, 0.15) is 55.6 Å². The van der Waals surface area contributed by atoms with E-state index < -0.39 is 0 Å². The van der Waals surface area contributed by atoms with Crippen LogP contribution >= 0.6 is 11.6 Å². The molecule has 0 spiro atoms. The van der Waals surface area contributed by atoms with E-state index in [0.717, 1.165) is 31.6 Å². The molecule has 2 rings (SSSR count). The standard InChI is InChI=1S/C15H23ClN4/c1-5-13-15(11(4)16)14(6-2)20(18-13)10-12-8-17-19(7-3)9-12/h8-9,11H,5-7,10H2,1-4H3. The van der Waals surface area contributed by atoms with Gasteiger partial charge in [0.25, 0.3) is 0 Å². The predicted molar refractivity (Wildman–Crippen MR) is 82.3 cm³/mol. The Morgan fingerprint density at radius 1 is 1.25 bits per heavy atom. The van der Waals surface area contributed by atoms with Crippen molar-refractivity contribution in [2.45, 2.75) is 59.0 Å². The third-order valence-corrected chi connectivity index (χ3v) is 3.80. The van der Waals surface area contributed by atoms with Crippen LogP contribution in [0.15, 0.2) is 12.4 Å². The van der Waals surface area contributed by atoms with E-state index in [0.29, 0.717) is 0 Å². The van der Waals surface area contributed by atoms with Crippen LogP contribution in [-0.2, 0) is 25.9 Å². The zero-order valence-electron chi connectivity index (χ0n) is 12.7. The molecule has 0 aliphatic rings. The summed E-state index contributed by atoms with van der Waals surface area (Å²) in [6.07, 6.45) is 5.86. The highest BCUT2D eigenvalue weighted by Crippen LogP contribution is 2.28. The highest BCUT2D eigenvalue weighted by Gasteiger charge is 2.19. The van der Waals surface area contributed by atoms with Gasteiger partial charge in [-0.25, -0.2) is 0 Å². The van der Waals surface area contributed by atoms with Gasteiger partial charge in [-0.05, 0) is 26.7 Å². The average Bonchev–Trinajstić information content (AvgIpc) is 3.02. The number of hydrogen-bond acceptors (Lipinski definition) is 2. The van der Waals surface area contributed by atoms with Crippen molar-refractivity contribution >= 4 is 11.6 Å². The van der Waals surface area contributed by atoms with E-state index in [1.165, 1.54) is 16.8 Å². The number of hydrogen-bond donors (Lipinski definition) is 0. The maximum atomic E-state index is 6.34. The van der Waals surface area contributed by atoms with Crippen molar-refractivity contribution in [3.63, 3.8) is 0 Å². The van der Waals surface area contributed by atoms with Gasteiger partial charge in [-0.2, -0.15) is 10.2 Å². The van der Waals surface area contributed by atoms with E-state index in [2.05, 4.69) is 36.7 Å². The molecule has 2 aromatic rings. The number of aryl methyl sites for hydroxylation is 2. The summed E-state index contributed by atoms with van der Waals surface area (Å²) in [5, 5.41) is 9.07. The minimum Gasteiger partial charge on any atom is -0.273 e. The Morgan fingerprint density at radius 3 is 2.50 bits per heavy atom. The molecule has 0 aromatic carbocycles. The van der Waals surface area contributed by atoms with Gasteiger partial charge in [-0.3, -0.25) is 9.36 Å². The first kappa shape index (κ1) is 15.1. The second-order valence-corrected chi connectivity index (χ2v) is 5.65. The molecule has 20 heavy (non-hydrogen) atoms. The molecule has 0 radical (unpaired) electrons. The van der Waals surface area contributed by atoms with Gasteiger partial charge in [0, 0.05) is 29.6 Å². The van der Waals surface area contributed by atoms with E-state index in [4.69, 9.17) is 16.7 Å². The molecule has 0 saturated heterocycles. The summed E-state index contributed by atoms with van der Waals surface area (Å²) in [7, 11) is 0. The molecule has 0 aliphatic heterocycles. The predicted octanol–water partition coefficient (Wildman–Crippen LogP) is 3.57. The molecule has 0 bridgehead atoms. The van der Waals surface area contributed by atoms with Gasteiger partial charge in [-0.1, -0.05) is 13.8 Å². The molecule has 1 atom stereocenters. The molecule has 0 fully saturated rings. The first-order valence-electron chi connectivity index (χ1n) is 7.34. The molecule has 5 heteroatoms. The summed E-state index contributed by atoms with van der Waals surface area (Å²) < 4.78 is 4.03. The topological polar surface area (TPSA) is 35.6 Å². The minimum atomic E-state index is 0.00650. The Kier molecular flexibility index (Phi) is 4.86. The van der Waals surface area contributed by atoms with Crippen molar-refractivity contribution in [3.8, 4) is 0 Å². The van der Waals surface area contributed by atoms with Gasteiger partial charge < -0.3 is 0 Å². The van der Waals surface area contributed by atoms with Crippen LogP contribution in [0, 0.1) is 0 Å². The van der Waals surface area contributed by atoms with E-state index in [1.54, 1.807) is 0 Å². The van der Waals surface area contributed by atoms with Crippen molar-refractivity contribution in [1.29, 1.82) is 0 Å². The Balaban J connectivity index is 2.35. The summed E-state index contributed by atoms with van der Waals surface area (Å²) >= 11 is 6.34. The van der Waals surface area contributed by atoms with Crippen molar-refractivity contribution in [2.75, 3.05) is 0 Å². The number of aromatic nitrogens is 4. The third-order valence-electron chi connectivity index (χ3n) is 3.59. The van der Waals surface area contributed by atoms with E-state index in [9.17, 15) is 0 Å². The van der Waals surface area contributed by atoms with Crippen LogP contribution in [0.25, 0.3) is 0 Å². The maximum absolute atomic E-state index is 6.34. The smallest absolute Gasteiger partial charge is 0.0693 e. The van der Waals surface area contributed by atoms with Gasteiger partial charge in [0.15, 0.2) is 0 Å². The molecule has 0 saturated carbocycles. The van der Waals surface area contributed by atoms with Gasteiger partial charge in [0.05, 0.1) is 23.8 Å². The largest absolute Gasteiger partial charge is 0.273 e. The number of rotatable bonds is 6. The number of alkyl halides is 1. The van der Waals surface area contributed by atoms with Gasteiger partial charge >= 0.3 is 0 Å². The summed E-state index contributed by atoms with van der Waals surface area (Å²) in [4.78, 5) is 0. The molecule has 110 valence electrons. The summed E-state index contributed by atoms with van der Waals surface area (Å²) in [5.74, 6) is 0. The molecule has 0 amide bonds. The third kappa shape index (κ3) is 2.90. The molecule has 2 heterocycles. The quantitative estimate of drug-likeness (QED) is 0.764. The van der Waals surface area contributed by atoms with E-state index in [-0.39, 0.29) is 5.38 Å². The molecular weight excluding hydrogens is 272 g/mol. The molecular formula is C15H23ClN4.